The molecule has 0 radical (unpaired) electrons. The molecule has 0 saturated carbocycles. The minimum Gasteiger partial charge on any atom is -0.497 e. The van der Waals surface area contributed by atoms with Crippen molar-refractivity contribution in [3.05, 3.63) is 203 Å². The summed E-state index contributed by atoms with van der Waals surface area (Å²) in [7, 11) is 4.85. The maximum Gasteiger partial charge on any atom is 0.409 e. The first kappa shape index (κ1) is 53.4. The third-order valence-electron chi connectivity index (χ3n) is 14.3. The lowest BCUT2D eigenvalue weighted by molar-refractivity contribution is -0.148. The molecule has 3 N–H and O–H groups in total. The van der Waals surface area contributed by atoms with Crippen LogP contribution in [0.3, 0.4) is 0 Å². The molecule has 1 unspecified atom stereocenters. The van der Waals surface area contributed by atoms with E-state index in [1.54, 1.807) is 56.4 Å². The molecule has 8 aromatic rings. The Balaban J connectivity index is 0.688. The largest absolute Gasteiger partial charge is 0.497 e. The Hall–Kier alpha value is -8.97. The van der Waals surface area contributed by atoms with Crippen molar-refractivity contribution >= 4 is 40.9 Å². The molecule has 2 aliphatic rings. The van der Waals surface area contributed by atoms with Crippen LogP contribution >= 0.6 is 0 Å². The number of imidazole rings is 1. The monoisotopic (exact) mass is 1070 g/mol. The summed E-state index contributed by atoms with van der Waals surface area (Å²) in [5.74, 6) is -0.0335. The second kappa shape index (κ2) is 24.1. The number of methoxy groups -OCH3 is 2. The normalized spacial score (nSPS) is 15.7. The van der Waals surface area contributed by atoms with Gasteiger partial charge in [0.2, 0.25) is 0 Å². The van der Waals surface area contributed by atoms with Crippen LogP contribution < -0.4 is 20.1 Å². The van der Waals surface area contributed by atoms with Crippen molar-refractivity contribution in [2.75, 3.05) is 52.9 Å². The minimum atomic E-state index is -1.13. The first-order chi connectivity index (χ1) is 38.5. The number of aliphatic hydroxyl groups excluding tert-OH is 1. The average Bonchev–Trinajstić information content (AvgIpc) is 4.22. The standard InChI is InChI=1S/C61H59N7O11/c1-67(60(73)77-34-50-48-16-9-7-14-46(48)47-15-8-10-17-49(47)50)31-11-18-55(71)76-36-53(70)62-33-39-19-21-40(22-20-39)59(72)66-57-56-58(64-37-63-57)68(38-65-56)54-32-51(69)52(79-54)35-78-61(41-12-5-4-6-13-41,42-23-27-44(74-2)28-24-42)43-25-29-45(75-3)30-26-43/h4-10,12-17,19-30,37-38,50-52,54,69H,11,18,31-36H2,1-3H3,(H,62,70)(H,63,64,66,72)/t51?,52-,54-/m1/s1. The van der Waals surface area contributed by atoms with Gasteiger partial charge in [0, 0.05) is 44.5 Å². The summed E-state index contributed by atoms with van der Waals surface area (Å²) >= 11 is 0. The van der Waals surface area contributed by atoms with Crippen molar-refractivity contribution < 1.29 is 52.7 Å². The number of benzene rings is 6. The zero-order valence-electron chi connectivity index (χ0n) is 43.8. The molecule has 79 heavy (non-hydrogen) atoms. The van der Waals surface area contributed by atoms with Gasteiger partial charge in [0.15, 0.2) is 23.6 Å². The van der Waals surface area contributed by atoms with Gasteiger partial charge < -0.3 is 49.1 Å². The van der Waals surface area contributed by atoms with Crippen LogP contribution in [0.25, 0.3) is 22.3 Å². The number of hydrogen-bond acceptors (Lipinski definition) is 14. The Kier molecular flexibility index (Phi) is 16.3. The lowest BCUT2D eigenvalue weighted by atomic mass is 9.80. The zero-order chi connectivity index (χ0) is 54.9. The predicted molar refractivity (Wildman–Crippen MR) is 292 cm³/mol. The minimum absolute atomic E-state index is 0.00420. The molecule has 3 heterocycles. The number of carbonyl (C=O) groups is 4. The molecule has 1 saturated heterocycles. The highest BCUT2D eigenvalue weighted by Crippen LogP contribution is 2.45. The van der Waals surface area contributed by atoms with E-state index in [9.17, 15) is 24.3 Å². The molecule has 6 aromatic carbocycles. The molecule has 18 heteroatoms. The van der Waals surface area contributed by atoms with E-state index < -0.39 is 54.5 Å². The molecule has 2 aromatic heterocycles. The van der Waals surface area contributed by atoms with Crippen molar-refractivity contribution in [3.63, 3.8) is 0 Å². The molecular weight excluding hydrogens is 1010 g/mol. The van der Waals surface area contributed by atoms with Crippen LogP contribution in [0.5, 0.6) is 11.5 Å². The van der Waals surface area contributed by atoms with E-state index in [1.807, 2.05) is 103 Å². The lowest BCUT2D eigenvalue weighted by Crippen LogP contribution is -2.38. The van der Waals surface area contributed by atoms with Gasteiger partial charge in [0.25, 0.3) is 11.8 Å². The number of amides is 3. The zero-order valence-corrected chi connectivity index (χ0v) is 43.8. The number of nitrogens with zero attached hydrogens (tertiary/aromatic N) is 5. The SMILES string of the molecule is COc1ccc(C(OC[C@H]2O[C@@H](n3cnc4c(NC(=O)c5ccc(CNC(=O)COC(=O)CCCN(C)C(=O)OCC6c7ccccc7-c7ccccc76)cc5)ncnc43)CC2O)(c2ccccc2)c2ccc(OC)cc2)cc1. The topological polar surface area (TPSA) is 215 Å². The quantitative estimate of drug-likeness (QED) is 0.0454. The van der Waals surface area contributed by atoms with Crippen LogP contribution in [0.2, 0.25) is 0 Å². The van der Waals surface area contributed by atoms with E-state index in [-0.39, 0.29) is 50.9 Å². The van der Waals surface area contributed by atoms with Crippen LogP contribution in [0, 0.1) is 0 Å². The highest BCUT2D eigenvalue weighted by Gasteiger charge is 2.42. The van der Waals surface area contributed by atoms with Crippen molar-refractivity contribution in [2.45, 2.75) is 55.8 Å². The van der Waals surface area contributed by atoms with Gasteiger partial charge in [-0.1, -0.05) is 115 Å². The molecule has 1 aliphatic carbocycles. The molecule has 1 fully saturated rings. The highest BCUT2D eigenvalue weighted by atomic mass is 16.6. The number of aromatic nitrogens is 4. The van der Waals surface area contributed by atoms with Crippen LogP contribution in [0.15, 0.2) is 164 Å². The fourth-order valence-electron chi connectivity index (χ4n) is 10.2. The predicted octanol–water partition coefficient (Wildman–Crippen LogP) is 8.57. The van der Waals surface area contributed by atoms with Crippen LogP contribution in [-0.4, -0.2) is 113 Å². The Morgan fingerprint density at radius 3 is 2.00 bits per heavy atom. The number of aliphatic hydroxyl groups is 1. The van der Waals surface area contributed by atoms with E-state index in [0.29, 0.717) is 40.2 Å². The molecule has 10 rings (SSSR count). The van der Waals surface area contributed by atoms with Gasteiger partial charge in [-0.2, -0.15) is 0 Å². The summed E-state index contributed by atoms with van der Waals surface area (Å²) in [6.45, 7) is 0.109. The van der Waals surface area contributed by atoms with E-state index in [0.717, 1.165) is 38.9 Å². The summed E-state index contributed by atoms with van der Waals surface area (Å²) in [4.78, 5) is 66.2. The Morgan fingerprint density at radius 1 is 0.734 bits per heavy atom. The van der Waals surface area contributed by atoms with Gasteiger partial charge in [0.05, 0.1) is 33.3 Å². The third kappa shape index (κ3) is 11.7. The first-order valence-electron chi connectivity index (χ1n) is 25.9. The second-order valence-corrected chi connectivity index (χ2v) is 19.2. The molecule has 1 aliphatic heterocycles. The van der Waals surface area contributed by atoms with Gasteiger partial charge in [-0.3, -0.25) is 19.0 Å². The van der Waals surface area contributed by atoms with Crippen molar-refractivity contribution in [3.8, 4) is 22.6 Å². The summed E-state index contributed by atoms with van der Waals surface area (Å²) < 4.78 is 37.1. The number of ether oxygens (including phenoxy) is 6. The number of fused-ring (bicyclic) bond motifs is 4. The fourth-order valence-corrected chi connectivity index (χ4v) is 10.2. The van der Waals surface area contributed by atoms with Gasteiger partial charge >= 0.3 is 12.1 Å². The lowest BCUT2D eigenvalue weighted by Gasteiger charge is -2.37. The van der Waals surface area contributed by atoms with Gasteiger partial charge in [0.1, 0.15) is 42.4 Å². The average molecular weight is 1070 g/mol. The van der Waals surface area contributed by atoms with Gasteiger partial charge in [-0.05, 0) is 87.3 Å². The first-order valence-corrected chi connectivity index (χ1v) is 25.9. The van der Waals surface area contributed by atoms with Gasteiger partial charge in [-0.15, -0.1) is 0 Å². The maximum atomic E-state index is 13.5. The smallest absolute Gasteiger partial charge is 0.409 e. The van der Waals surface area contributed by atoms with Crippen molar-refractivity contribution in [1.82, 2.24) is 29.7 Å². The number of esters is 1. The number of anilines is 1. The van der Waals surface area contributed by atoms with Crippen LogP contribution in [-0.2, 0) is 40.7 Å². The summed E-state index contributed by atoms with van der Waals surface area (Å²) in [6, 6.07) is 48.1. The van der Waals surface area contributed by atoms with Gasteiger partial charge in [-0.25, -0.2) is 19.7 Å². The molecule has 3 atom stereocenters. The summed E-state index contributed by atoms with van der Waals surface area (Å²) in [5, 5.41) is 17.1. The Labute approximate surface area is 456 Å². The molecule has 0 spiro atoms. The fraction of sp³-hybridized carbons (Fsp3) is 0.262. The Bertz CT molecular complexity index is 3340. The number of hydrogen-bond donors (Lipinski definition) is 3. The molecule has 0 bridgehead atoms. The Morgan fingerprint density at radius 2 is 1.35 bits per heavy atom. The number of carbonyl (C=O) groups excluding carboxylic acids is 4. The number of nitrogens with one attached hydrogen (secondary N) is 2. The maximum absolute atomic E-state index is 13.5. The van der Waals surface area contributed by atoms with Crippen molar-refractivity contribution in [1.29, 1.82) is 0 Å². The van der Waals surface area contributed by atoms with E-state index >= 15 is 0 Å². The molecular formula is C61H59N7O11. The van der Waals surface area contributed by atoms with Crippen LogP contribution in [0.4, 0.5) is 10.6 Å². The molecule has 404 valence electrons. The second-order valence-electron chi connectivity index (χ2n) is 19.2. The molecule has 3 amide bonds. The van der Waals surface area contributed by atoms with Crippen LogP contribution in [0.1, 0.15) is 75.1 Å². The summed E-state index contributed by atoms with van der Waals surface area (Å²) in [6.07, 6.45) is 0.556. The molecule has 18 nitrogen and oxygen atoms in total. The van der Waals surface area contributed by atoms with E-state index in [2.05, 4.69) is 49.9 Å². The van der Waals surface area contributed by atoms with E-state index in [1.165, 1.54) is 11.2 Å². The van der Waals surface area contributed by atoms with Crippen molar-refractivity contribution in [2.24, 2.45) is 0 Å². The third-order valence-corrected chi connectivity index (χ3v) is 14.3. The highest BCUT2D eigenvalue weighted by molar-refractivity contribution is 6.06. The number of rotatable bonds is 21. The summed E-state index contributed by atoms with van der Waals surface area (Å²) in [5.41, 5.74) is 7.65. The van der Waals surface area contributed by atoms with E-state index in [4.69, 9.17) is 28.4 Å².